The first-order chi connectivity index (χ1) is 6.27. The van der Waals surface area contributed by atoms with E-state index in [1.165, 1.54) is 6.42 Å². The minimum atomic E-state index is -0.159. The molecule has 3 fully saturated rings. The number of aliphatic hydroxyl groups is 1. The van der Waals surface area contributed by atoms with Crippen molar-refractivity contribution >= 4 is 5.91 Å². The average molecular weight is 181 g/mol. The minimum absolute atomic E-state index is 0.159. The molecule has 4 atom stereocenters. The fraction of sp³-hybridized carbons (Fsp3) is 0.900. The molecule has 0 bridgehead atoms. The van der Waals surface area contributed by atoms with E-state index in [2.05, 4.69) is 0 Å². The number of nitrogens with zero attached hydrogens (tertiary/aromatic N) is 1. The molecule has 3 nitrogen and oxygen atoms in total. The lowest BCUT2D eigenvalue weighted by Crippen LogP contribution is -2.44. The Hall–Kier alpha value is -0.570. The monoisotopic (exact) mass is 181 g/mol. The van der Waals surface area contributed by atoms with Gasteiger partial charge in [-0.3, -0.25) is 4.79 Å². The number of carbonyl (C=O) groups is 1. The fourth-order valence-electron chi connectivity index (χ4n) is 3.16. The van der Waals surface area contributed by atoms with Gasteiger partial charge in [-0.1, -0.05) is 0 Å². The molecule has 2 unspecified atom stereocenters. The lowest BCUT2D eigenvalue weighted by molar-refractivity contribution is -0.134. The van der Waals surface area contributed by atoms with E-state index < -0.39 is 0 Å². The molecule has 1 N–H and O–H groups in total. The Bertz CT molecular complexity index is 253. The van der Waals surface area contributed by atoms with Crippen molar-refractivity contribution in [3.05, 3.63) is 0 Å². The minimum Gasteiger partial charge on any atom is -0.393 e. The van der Waals surface area contributed by atoms with Gasteiger partial charge in [0.15, 0.2) is 0 Å². The largest absolute Gasteiger partial charge is 0.393 e. The number of hydrogen-bond acceptors (Lipinski definition) is 2. The highest BCUT2D eigenvalue weighted by molar-refractivity contribution is 5.83. The Morgan fingerprint density at radius 1 is 1.31 bits per heavy atom. The molecule has 0 spiro atoms. The van der Waals surface area contributed by atoms with E-state index in [9.17, 15) is 9.90 Å². The third-order valence-electron chi connectivity index (χ3n) is 4.04. The third-order valence-corrected chi connectivity index (χ3v) is 4.04. The van der Waals surface area contributed by atoms with Crippen LogP contribution in [0.2, 0.25) is 0 Å². The van der Waals surface area contributed by atoms with Crippen LogP contribution < -0.4 is 0 Å². The summed E-state index contributed by atoms with van der Waals surface area (Å²) in [5, 5.41) is 9.53. The number of carbonyl (C=O) groups excluding carboxylic acids is 1. The standard InChI is InChI=1S/C10H15NO2/c12-6-3-4-11-9(5-6)7-1-2-8(7)10(11)13/h6-9,12H,1-5H2/t6?,7-,8+,9?/m1/s1. The van der Waals surface area contributed by atoms with Crippen molar-refractivity contribution in [1.82, 2.24) is 4.90 Å². The van der Waals surface area contributed by atoms with Gasteiger partial charge in [0, 0.05) is 18.5 Å². The van der Waals surface area contributed by atoms with Crippen LogP contribution in [0.15, 0.2) is 0 Å². The topological polar surface area (TPSA) is 40.5 Å². The first kappa shape index (κ1) is 7.80. The van der Waals surface area contributed by atoms with E-state index in [1.807, 2.05) is 4.90 Å². The van der Waals surface area contributed by atoms with Gasteiger partial charge in [-0.15, -0.1) is 0 Å². The maximum Gasteiger partial charge on any atom is 0.226 e. The second kappa shape index (κ2) is 2.47. The van der Waals surface area contributed by atoms with Gasteiger partial charge in [-0.25, -0.2) is 0 Å². The smallest absolute Gasteiger partial charge is 0.226 e. The van der Waals surface area contributed by atoms with Crippen molar-refractivity contribution in [2.45, 2.75) is 37.8 Å². The van der Waals surface area contributed by atoms with Crippen molar-refractivity contribution in [3.8, 4) is 0 Å². The zero-order valence-electron chi connectivity index (χ0n) is 7.65. The highest BCUT2D eigenvalue weighted by Crippen LogP contribution is 2.48. The molecule has 1 saturated carbocycles. The van der Waals surface area contributed by atoms with Gasteiger partial charge < -0.3 is 10.0 Å². The second-order valence-corrected chi connectivity index (χ2v) is 4.62. The lowest BCUT2D eigenvalue weighted by atomic mass is 9.71. The van der Waals surface area contributed by atoms with Gasteiger partial charge in [0.05, 0.1) is 6.10 Å². The first-order valence-corrected chi connectivity index (χ1v) is 5.26. The van der Waals surface area contributed by atoms with Crippen molar-refractivity contribution in [1.29, 1.82) is 0 Å². The predicted molar refractivity (Wildman–Crippen MR) is 47.0 cm³/mol. The van der Waals surface area contributed by atoms with Crippen LogP contribution in [0.3, 0.4) is 0 Å². The molecule has 13 heavy (non-hydrogen) atoms. The number of aliphatic hydroxyl groups excluding tert-OH is 1. The normalized spacial score (nSPS) is 48.4. The molecule has 1 amide bonds. The van der Waals surface area contributed by atoms with Gasteiger partial charge in [0.2, 0.25) is 5.91 Å². The van der Waals surface area contributed by atoms with Crippen LogP contribution in [-0.4, -0.2) is 34.6 Å². The number of hydrogen-bond donors (Lipinski definition) is 1. The molecular formula is C10H15NO2. The maximum absolute atomic E-state index is 11.8. The molecular weight excluding hydrogens is 166 g/mol. The molecule has 3 rings (SSSR count). The van der Waals surface area contributed by atoms with E-state index in [-0.39, 0.29) is 6.10 Å². The van der Waals surface area contributed by atoms with E-state index >= 15 is 0 Å². The van der Waals surface area contributed by atoms with Crippen molar-refractivity contribution in [2.75, 3.05) is 6.54 Å². The Morgan fingerprint density at radius 3 is 2.85 bits per heavy atom. The number of piperidine rings is 1. The number of fused-ring (bicyclic) bond motifs is 3. The number of amides is 1. The molecule has 72 valence electrons. The Labute approximate surface area is 77.7 Å². The van der Waals surface area contributed by atoms with Crippen LogP contribution in [0.1, 0.15) is 25.7 Å². The Balaban J connectivity index is 1.85. The molecule has 0 radical (unpaired) electrons. The van der Waals surface area contributed by atoms with Gasteiger partial charge in [-0.2, -0.15) is 0 Å². The van der Waals surface area contributed by atoms with E-state index in [1.54, 1.807) is 0 Å². The molecule has 3 aliphatic rings. The molecule has 2 saturated heterocycles. The van der Waals surface area contributed by atoms with Crippen molar-refractivity contribution in [2.24, 2.45) is 11.8 Å². The molecule has 0 aromatic rings. The van der Waals surface area contributed by atoms with Crippen LogP contribution in [0.5, 0.6) is 0 Å². The van der Waals surface area contributed by atoms with Gasteiger partial charge in [0.25, 0.3) is 0 Å². The third kappa shape index (κ3) is 0.909. The Kier molecular flexibility index (Phi) is 1.48. The summed E-state index contributed by atoms with van der Waals surface area (Å²) in [6.45, 7) is 0.789. The molecule has 0 aromatic carbocycles. The summed E-state index contributed by atoms with van der Waals surface area (Å²) in [6, 6.07) is 0.384. The average Bonchev–Trinajstić information content (AvgIpc) is 2.18. The van der Waals surface area contributed by atoms with E-state index in [4.69, 9.17) is 0 Å². The highest BCUT2D eigenvalue weighted by Gasteiger charge is 2.53. The highest BCUT2D eigenvalue weighted by atomic mass is 16.3. The maximum atomic E-state index is 11.8. The van der Waals surface area contributed by atoms with Gasteiger partial charge in [0.1, 0.15) is 0 Å². The summed E-state index contributed by atoms with van der Waals surface area (Å²) >= 11 is 0. The van der Waals surface area contributed by atoms with E-state index in [0.29, 0.717) is 23.8 Å². The van der Waals surface area contributed by atoms with Crippen LogP contribution >= 0.6 is 0 Å². The van der Waals surface area contributed by atoms with Crippen molar-refractivity contribution < 1.29 is 9.90 Å². The van der Waals surface area contributed by atoms with Crippen molar-refractivity contribution in [3.63, 3.8) is 0 Å². The molecule has 1 aliphatic carbocycles. The zero-order valence-corrected chi connectivity index (χ0v) is 7.65. The predicted octanol–water partition coefficient (Wildman–Crippen LogP) is 0.378. The molecule has 0 aromatic heterocycles. The first-order valence-electron chi connectivity index (χ1n) is 5.26. The van der Waals surface area contributed by atoms with Crippen LogP contribution in [-0.2, 0) is 4.79 Å². The molecule has 3 heteroatoms. The van der Waals surface area contributed by atoms with Gasteiger partial charge in [-0.05, 0) is 31.6 Å². The van der Waals surface area contributed by atoms with E-state index in [0.717, 1.165) is 25.8 Å². The van der Waals surface area contributed by atoms with Gasteiger partial charge >= 0.3 is 0 Å². The fourth-order valence-corrected chi connectivity index (χ4v) is 3.16. The van der Waals surface area contributed by atoms with Crippen LogP contribution in [0.4, 0.5) is 0 Å². The summed E-state index contributed by atoms with van der Waals surface area (Å²) in [4.78, 5) is 13.8. The lowest BCUT2D eigenvalue weighted by Gasteiger charge is -2.37. The second-order valence-electron chi connectivity index (χ2n) is 4.62. The SMILES string of the molecule is O=C1[C@H]2CC[C@H]2C2CC(O)CCN12. The summed E-state index contributed by atoms with van der Waals surface area (Å²) in [6.07, 6.45) is 3.74. The zero-order chi connectivity index (χ0) is 9.00. The summed E-state index contributed by atoms with van der Waals surface area (Å²) in [5.41, 5.74) is 0. The summed E-state index contributed by atoms with van der Waals surface area (Å²) in [7, 11) is 0. The summed E-state index contributed by atoms with van der Waals surface area (Å²) in [5.74, 6) is 1.28. The summed E-state index contributed by atoms with van der Waals surface area (Å²) < 4.78 is 0. The van der Waals surface area contributed by atoms with Crippen LogP contribution in [0.25, 0.3) is 0 Å². The van der Waals surface area contributed by atoms with Crippen LogP contribution in [0, 0.1) is 11.8 Å². The number of rotatable bonds is 0. The molecule has 2 aliphatic heterocycles. The quantitative estimate of drug-likeness (QED) is 0.587. The molecule has 2 heterocycles. The Morgan fingerprint density at radius 2 is 2.15 bits per heavy atom.